The highest BCUT2D eigenvalue weighted by Gasteiger charge is 2.40. The number of benzene rings is 2. The van der Waals surface area contributed by atoms with Crippen molar-refractivity contribution in [2.45, 2.75) is 24.5 Å². The minimum absolute atomic E-state index is 0.0589. The summed E-state index contributed by atoms with van der Waals surface area (Å²) in [5.74, 6) is -0.0589. The first-order chi connectivity index (χ1) is 12.5. The van der Waals surface area contributed by atoms with Crippen LogP contribution in [0.3, 0.4) is 0 Å². The Kier molecular flexibility index (Phi) is 6.69. The minimum atomic E-state index is -4.63. The maximum atomic E-state index is 13.1. The van der Waals surface area contributed by atoms with Crippen molar-refractivity contribution < 1.29 is 35.8 Å². The second-order valence-corrected chi connectivity index (χ2v) is 6.04. The molecule has 1 unspecified atom stereocenters. The van der Waals surface area contributed by atoms with E-state index in [1.165, 1.54) is 30.3 Å². The fourth-order valence-corrected chi connectivity index (χ4v) is 2.49. The Morgan fingerprint density at radius 1 is 0.926 bits per heavy atom. The molecule has 0 radical (unpaired) electrons. The molecule has 0 saturated carbocycles. The lowest BCUT2D eigenvalue weighted by molar-refractivity contribution is -0.137. The fourth-order valence-electron chi connectivity index (χ4n) is 2.29. The van der Waals surface area contributed by atoms with Gasteiger partial charge in [0.1, 0.15) is 11.0 Å². The fraction of sp³-hybridized carbons (Fsp3) is 0.333. The topological polar surface area (TPSA) is 18.5 Å². The summed E-state index contributed by atoms with van der Waals surface area (Å²) in [6.45, 7) is 1.79. The molecule has 0 N–H and O–H groups in total. The number of ether oxygens (including phenoxy) is 2. The Bertz CT molecular complexity index is 756. The number of rotatable bonds is 6. The summed E-state index contributed by atoms with van der Waals surface area (Å²) in [5, 5.41) is -2.12. The molecule has 1 atom stereocenters. The summed E-state index contributed by atoms with van der Waals surface area (Å²) in [5.41, 5.74) is -0.442. The first kappa shape index (κ1) is 21.4. The van der Waals surface area contributed by atoms with Gasteiger partial charge in [0.05, 0.1) is 5.56 Å². The van der Waals surface area contributed by atoms with Crippen LogP contribution in [0.1, 0.15) is 23.3 Å². The van der Waals surface area contributed by atoms with Gasteiger partial charge in [-0.3, -0.25) is 0 Å². The molecule has 0 aliphatic rings. The highest BCUT2D eigenvalue weighted by Crippen LogP contribution is 2.43. The van der Waals surface area contributed by atoms with Crippen LogP contribution < -0.4 is 4.74 Å². The lowest BCUT2D eigenvalue weighted by atomic mass is 9.99. The van der Waals surface area contributed by atoms with Crippen molar-refractivity contribution in [2.24, 2.45) is 0 Å². The molecule has 9 heteroatoms. The van der Waals surface area contributed by atoms with E-state index in [0.717, 1.165) is 12.1 Å². The third kappa shape index (κ3) is 5.55. The van der Waals surface area contributed by atoms with Crippen LogP contribution in [-0.4, -0.2) is 19.6 Å². The minimum Gasteiger partial charge on any atom is -0.467 e. The van der Waals surface area contributed by atoms with Gasteiger partial charge in [-0.1, -0.05) is 18.2 Å². The summed E-state index contributed by atoms with van der Waals surface area (Å²) < 4.78 is 87.6. The van der Waals surface area contributed by atoms with Crippen molar-refractivity contribution in [1.82, 2.24) is 0 Å². The zero-order valence-electron chi connectivity index (χ0n) is 14.1. The molecule has 0 bridgehead atoms. The van der Waals surface area contributed by atoms with E-state index in [4.69, 9.17) is 9.47 Å². The molecule has 2 aromatic carbocycles. The van der Waals surface area contributed by atoms with Crippen molar-refractivity contribution in [1.29, 1.82) is 0 Å². The van der Waals surface area contributed by atoms with Gasteiger partial charge in [-0.25, -0.2) is 0 Å². The summed E-state index contributed by atoms with van der Waals surface area (Å²) >= 11 is 3.63. The molecule has 2 nitrogen and oxygen atoms in total. The van der Waals surface area contributed by atoms with Crippen molar-refractivity contribution in [3.05, 3.63) is 53.6 Å². The van der Waals surface area contributed by atoms with E-state index in [9.17, 15) is 26.3 Å². The van der Waals surface area contributed by atoms with E-state index in [2.05, 4.69) is 12.6 Å². The smallest absolute Gasteiger partial charge is 0.416 e. The average molecular weight is 410 g/mol. The SMILES string of the molecule is CCOCOc1ccc(-c2ccc(C(F)(F)F)cc2)cc1C(S)C(F)(F)F. The molecule has 0 fully saturated rings. The van der Waals surface area contributed by atoms with Crippen LogP contribution in [0.25, 0.3) is 11.1 Å². The number of thiol groups is 1. The van der Waals surface area contributed by atoms with Gasteiger partial charge < -0.3 is 9.47 Å². The van der Waals surface area contributed by atoms with Gasteiger partial charge in [0.15, 0.2) is 6.79 Å². The van der Waals surface area contributed by atoms with Crippen LogP contribution >= 0.6 is 12.6 Å². The van der Waals surface area contributed by atoms with Gasteiger partial charge in [-0.05, 0) is 42.3 Å². The van der Waals surface area contributed by atoms with Crippen LogP contribution in [0.5, 0.6) is 5.75 Å². The molecule has 2 aromatic rings. The lowest BCUT2D eigenvalue weighted by Crippen LogP contribution is -2.17. The highest BCUT2D eigenvalue weighted by atomic mass is 32.1. The zero-order valence-corrected chi connectivity index (χ0v) is 15.0. The number of hydrogen-bond donors (Lipinski definition) is 1. The van der Waals surface area contributed by atoms with E-state index in [1.807, 2.05) is 0 Å². The summed E-state index contributed by atoms with van der Waals surface area (Å²) in [6.07, 6.45) is -9.13. The van der Waals surface area contributed by atoms with Gasteiger partial charge in [0, 0.05) is 12.2 Å². The molecule has 0 amide bonds. The highest BCUT2D eigenvalue weighted by molar-refractivity contribution is 7.80. The van der Waals surface area contributed by atoms with Gasteiger partial charge in [-0.2, -0.15) is 39.0 Å². The Morgan fingerprint density at radius 3 is 2.04 bits per heavy atom. The predicted octanol–water partition coefficient (Wildman–Crippen LogP) is 6.28. The van der Waals surface area contributed by atoms with Gasteiger partial charge in [0.25, 0.3) is 0 Å². The molecule has 0 aliphatic heterocycles. The van der Waals surface area contributed by atoms with Gasteiger partial charge in [0.2, 0.25) is 0 Å². The van der Waals surface area contributed by atoms with Crippen LogP contribution in [0.4, 0.5) is 26.3 Å². The Hall–Kier alpha value is -1.87. The van der Waals surface area contributed by atoms with Gasteiger partial charge in [-0.15, -0.1) is 0 Å². The summed E-state index contributed by atoms with van der Waals surface area (Å²) in [7, 11) is 0. The summed E-state index contributed by atoms with van der Waals surface area (Å²) in [6, 6.07) is 8.12. The molecule has 2 rings (SSSR count). The molecule has 148 valence electrons. The summed E-state index contributed by atoms with van der Waals surface area (Å²) in [4.78, 5) is 0. The van der Waals surface area contributed by atoms with Crippen molar-refractivity contribution in [2.75, 3.05) is 13.4 Å². The molecule has 0 aliphatic carbocycles. The zero-order chi connectivity index (χ0) is 20.2. The molecule has 0 aromatic heterocycles. The quantitative estimate of drug-likeness (QED) is 0.262. The van der Waals surface area contributed by atoms with Crippen LogP contribution in [0.2, 0.25) is 0 Å². The van der Waals surface area contributed by atoms with Crippen LogP contribution in [0, 0.1) is 0 Å². The van der Waals surface area contributed by atoms with Crippen molar-refractivity contribution in [3.63, 3.8) is 0 Å². The standard InChI is InChI=1S/C18H16F6O2S/c1-2-25-10-26-15-8-5-12(9-14(15)16(27)18(22,23)24)11-3-6-13(7-4-11)17(19,20)21/h3-9,16,27H,2,10H2,1H3. The number of hydrogen-bond acceptors (Lipinski definition) is 3. The molecule has 0 spiro atoms. The van der Waals surface area contributed by atoms with Crippen LogP contribution in [-0.2, 0) is 10.9 Å². The van der Waals surface area contributed by atoms with E-state index in [1.54, 1.807) is 6.92 Å². The Labute approximate surface area is 157 Å². The maximum Gasteiger partial charge on any atom is 0.416 e. The molecule has 0 heterocycles. The number of alkyl halides is 6. The monoisotopic (exact) mass is 410 g/mol. The Balaban J connectivity index is 2.40. The second-order valence-electron chi connectivity index (χ2n) is 5.53. The third-order valence-corrected chi connectivity index (χ3v) is 4.23. The maximum absolute atomic E-state index is 13.1. The van der Waals surface area contributed by atoms with E-state index in [-0.39, 0.29) is 18.1 Å². The van der Waals surface area contributed by atoms with Crippen molar-refractivity contribution >= 4 is 12.6 Å². The number of halogens is 6. The normalized spacial score (nSPS) is 13.5. The van der Waals surface area contributed by atoms with Gasteiger partial charge >= 0.3 is 12.4 Å². The predicted molar refractivity (Wildman–Crippen MR) is 91.8 cm³/mol. The molecule has 27 heavy (non-hydrogen) atoms. The molecular weight excluding hydrogens is 394 g/mol. The second kappa shape index (κ2) is 8.43. The molecule has 0 saturated heterocycles. The third-order valence-electron chi connectivity index (χ3n) is 3.66. The van der Waals surface area contributed by atoms with E-state index < -0.39 is 23.2 Å². The molecular formula is C18H16F6O2S. The lowest BCUT2D eigenvalue weighted by Gasteiger charge is -2.20. The first-order valence-electron chi connectivity index (χ1n) is 7.81. The van der Waals surface area contributed by atoms with E-state index in [0.29, 0.717) is 17.7 Å². The average Bonchev–Trinajstić information content (AvgIpc) is 2.60. The van der Waals surface area contributed by atoms with Crippen LogP contribution in [0.15, 0.2) is 42.5 Å². The Morgan fingerprint density at radius 2 is 1.52 bits per heavy atom. The largest absolute Gasteiger partial charge is 0.467 e. The van der Waals surface area contributed by atoms with Crippen molar-refractivity contribution in [3.8, 4) is 16.9 Å². The van der Waals surface area contributed by atoms with E-state index >= 15 is 0 Å². The first-order valence-corrected chi connectivity index (χ1v) is 8.32.